The van der Waals surface area contributed by atoms with Gasteiger partial charge in [-0.1, -0.05) is 0 Å². The summed E-state index contributed by atoms with van der Waals surface area (Å²) in [4.78, 5) is 43.9. The Morgan fingerprint density at radius 2 is 1.80 bits per heavy atom. The van der Waals surface area contributed by atoms with E-state index in [0.717, 1.165) is 50.5 Å². The van der Waals surface area contributed by atoms with E-state index in [1.54, 1.807) is 23.3 Å². The summed E-state index contributed by atoms with van der Waals surface area (Å²) in [5.41, 5.74) is 2.29. The largest absolute Gasteiger partial charge is 0.444 e. The lowest BCUT2D eigenvalue weighted by Gasteiger charge is -2.40. The number of aliphatic hydroxyl groups is 1. The molecule has 2 amide bonds. The quantitative estimate of drug-likeness (QED) is 0.311. The summed E-state index contributed by atoms with van der Waals surface area (Å²) in [6.07, 6.45) is 1.33. The minimum atomic E-state index is -0.528. The van der Waals surface area contributed by atoms with E-state index in [4.69, 9.17) is 14.6 Å². The number of aliphatic hydroxyl groups excluding tert-OH is 1. The number of ether oxygens (including phenoxy) is 2. The van der Waals surface area contributed by atoms with E-state index in [1.807, 2.05) is 39.8 Å². The number of piperidine rings is 1. The second-order valence-corrected chi connectivity index (χ2v) is 13.4. The Morgan fingerprint density at radius 3 is 2.39 bits per heavy atom. The summed E-state index contributed by atoms with van der Waals surface area (Å²) >= 11 is 3.02. The number of nitrogens with zero attached hydrogens (tertiary/aromatic N) is 3. The molecule has 11 heteroatoms. The number of hydrogen-bond donors (Lipinski definition) is 1. The lowest BCUT2D eigenvalue weighted by Crippen LogP contribution is -2.48. The monoisotopic (exact) mass is 601 g/mol. The molecule has 1 aromatic carbocycles. The Labute approximate surface area is 249 Å². The molecule has 3 heterocycles. The molecule has 0 saturated carbocycles. The zero-order valence-corrected chi connectivity index (χ0v) is 26.2. The van der Waals surface area contributed by atoms with Crippen LogP contribution in [-0.2, 0) is 9.53 Å². The molecule has 0 spiro atoms. The van der Waals surface area contributed by atoms with Crippen molar-refractivity contribution in [2.24, 2.45) is 0 Å². The molecule has 1 aliphatic heterocycles. The fourth-order valence-electron chi connectivity index (χ4n) is 5.12. The van der Waals surface area contributed by atoms with E-state index in [0.29, 0.717) is 30.2 Å². The molecule has 2 aromatic heterocycles. The molecule has 0 radical (unpaired) electrons. The highest BCUT2D eigenvalue weighted by atomic mass is 32.1. The average molecular weight is 602 g/mol. The van der Waals surface area contributed by atoms with Gasteiger partial charge in [-0.2, -0.15) is 0 Å². The van der Waals surface area contributed by atoms with Gasteiger partial charge in [0.05, 0.1) is 11.5 Å². The minimum absolute atomic E-state index is 0.0787. The van der Waals surface area contributed by atoms with E-state index in [-0.39, 0.29) is 31.2 Å². The van der Waals surface area contributed by atoms with Crippen LogP contribution in [0.3, 0.4) is 0 Å². The zero-order valence-electron chi connectivity index (χ0n) is 24.6. The lowest BCUT2D eigenvalue weighted by molar-refractivity contribution is -0.120. The molecule has 1 saturated heterocycles. The standard InChI is InChI=1S/C30H39N3O6S2/c1-7-33(21-8-10-32(11-9-21)29(37)39-30(3,4)5)22-14-20(15-23(19(22)2)38-18-35)24-16-25-26(40-24)17-27(41-25)28(36)31(6)12-13-34/h14-18,21,34H,7-13H2,1-6H3. The van der Waals surface area contributed by atoms with Crippen molar-refractivity contribution in [3.05, 3.63) is 34.7 Å². The molecular formula is C30H39N3O6S2. The normalized spacial score (nSPS) is 14.3. The maximum atomic E-state index is 12.7. The lowest BCUT2D eigenvalue weighted by atomic mass is 9.99. The first kappa shape index (κ1) is 30.8. The first-order valence-electron chi connectivity index (χ1n) is 13.8. The maximum Gasteiger partial charge on any atom is 0.410 e. The third-order valence-electron chi connectivity index (χ3n) is 7.20. The van der Waals surface area contributed by atoms with E-state index in [1.165, 1.54) is 16.2 Å². The predicted molar refractivity (Wildman–Crippen MR) is 164 cm³/mol. The van der Waals surface area contributed by atoms with Crippen LogP contribution in [0.25, 0.3) is 19.8 Å². The van der Waals surface area contributed by atoms with E-state index in [9.17, 15) is 14.4 Å². The van der Waals surface area contributed by atoms with Crippen molar-refractivity contribution in [2.75, 3.05) is 44.7 Å². The summed E-state index contributed by atoms with van der Waals surface area (Å²) in [6.45, 7) is 12.3. The van der Waals surface area contributed by atoms with E-state index in [2.05, 4.69) is 24.0 Å². The number of anilines is 1. The number of likely N-dealkylation sites (tertiary alicyclic amines) is 1. The second kappa shape index (κ2) is 12.8. The Balaban J connectivity index is 1.60. The molecular weight excluding hydrogens is 562 g/mol. The number of rotatable bonds is 9. The van der Waals surface area contributed by atoms with Crippen LogP contribution in [0.2, 0.25) is 0 Å². The summed E-state index contributed by atoms with van der Waals surface area (Å²) < 4.78 is 13.0. The van der Waals surface area contributed by atoms with Crippen LogP contribution in [0.15, 0.2) is 24.3 Å². The fraction of sp³-hybridized carbons (Fsp3) is 0.500. The van der Waals surface area contributed by atoms with Crippen LogP contribution in [0, 0.1) is 6.92 Å². The van der Waals surface area contributed by atoms with Crippen LogP contribution in [0.5, 0.6) is 5.75 Å². The van der Waals surface area contributed by atoms with Gasteiger partial charge in [0.1, 0.15) is 11.4 Å². The number of likely N-dealkylation sites (N-methyl/N-ethyl adjacent to an activating group) is 1. The molecule has 1 N–H and O–H groups in total. The van der Waals surface area contributed by atoms with Gasteiger partial charge in [-0.25, -0.2) is 4.79 Å². The van der Waals surface area contributed by atoms with Crippen molar-refractivity contribution >= 4 is 56.2 Å². The predicted octanol–water partition coefficient (Wildman–Crippen LogP) is 5.76. The topological polar surface area (TPSA) is 99.6 Å². The molecule has 222 valence electrons. The summed E-state index contributed by atoms with van der Waals surface area (Å²) in [5, 5.41) is 9.16. The van der Waals surface area contributed by atoms with Crippen LogP contribution >= 0.6 is 22.7 Å². The highest BCUT2D eigenvalue weighted by Crippen LogP contribution is 2.43. The maximum absolute atomic E-state index is 12.7. The number of carbonyl (C=O) groups is 3. The van der Waals surface area contributed by atoms with Gasteiger partial charge in [0.2, 0.25) is 0 Å². The van der Waals surface area contributed by atoms with E-state index >= 15 is 0 Å². The number of hydrogen-bond acceptors (Lipinski definition) is 9. The fourth-order valence-corrected chi connectivity index (χ4v) is 7.50. The van der Waals surface area contributed by atoms with Gasteiger partial charge in [0.25, 0.3) is 12.4 Å². The second-order valence-electron chi connectivity index (χ2n) is 11.2. The molecule has 0 unspecified atom stereocenters. The summed E-state index contributed by atoms with van der Waals surface area (Å²) in [6, 6.07) is 8.23. The van der Waals surface area contributed by atoms with Gasteiger partial charge in [-0.3, -0.25) is 9.59 Å². The van der Waals surface area contributed by atoms with Crippen molar-refractivity contribution in [1.29, 1.82) is 0 Å². The summed E-state index contributed by atoms with van der Waals surface area (Å²) in [5.74, 6) is 0.403. The van der Waals surface area contributed by atoms with Crippen LogP contribution < -0.4 is 9.64 Å². The smallest absolute Gasteiger partial charge is 0.410 e. The minimum Gasteiger partial charge on any atom is -0.444 e. The molecule has 1 fully saturated rings. The summed E-state index contributed by atoms with van der Waals surface area (Å²) in [7, 11) is 1.68. The molecule has 0 aliphatic carbocycles. The molecule has 41 heavy (non-hydrogen) atoms. The van der Waals surface area contributed by atoms with Crippen LogP contribution in [-0.4, -0.2) is 84.9 Å². The van der Waals surface area contributed by atoms with Crippen LogP contribution in [0.4, 0.5) is 10.5 Å². The zero-order chi connectivity index (χ0) is 29.9. The number of thiophene rings is 2. The highest BCUT2D eigenvalue weighted by molar-refractivity contribution is 7.30. The van der Waals surface area contributed by atoms with Crippen molar-refractivity contribution in [3.8, 4) is 16.2 Å². The van der Waals surface area contributed by atoms with Crippen molar-refractivity contribution in [2.45, 2.75) is 59.1 Å². The molecule has 3 aromatic rings. The first-order chi connectivity index (χ1) is 19.4. The molecule has 1 aliphatic rings. The van der Waals surface area contributed by atoms with Gasteiger partial charge in [-0.05, 0) is 77.3 Å². The molecule has 4 rings (SSSR count). The van der Waals surface area contributed by atoms with Gasteiger partial charge < -0.3 is 29.3 Å². The van der Waals surface area contributed by atoms with Gasteiger partial charge in [-0.15, -0.1) is 22.7 Å². The average Bonchev–Trinajstić information content (AvgIpc) is 3.50. The molecule has 0 bridgehead atoms. The third-order valence-corrected chi connectivity index (χ3v) is 9.53. The molecule has 0 atom stereocenters. The Kier molecular flexibility index (Phi) is 9.61. The first-order valence-corrected chi connectivity index (χ1v) is 15.5. The van der Waals surface area contributed by atoms with E-state index < -0.39 is 5.60 Å². The SMILES string of the molecule is CCN(c1cc(-c2cc3sc(C(=O)N(C)CCO)cc3s2)cc(OC=O)c1C)C1CCN(C(=O)OC(C)(C)C)CC1. The Morgan fingerprint density at radius 1 is 1.12 bits per heavy atom. The van der Waals surface area contributed by atoms with Gasteiger partial charge >= 0.3 is 6.09 Å². The number of fused-ring (bicyclic) bond motifs is 1. The molecule has 9 nitrogen and oxygen atoms in total. The number of benzene rings is 1. The van der Waals surface area contributed by atoms with Crippen molar-refractivity contribution in [1.82, 2.24) is 9.80 Å². The van der Waals surface area contributed by atoms with Crippen molar-refractivity contribution in [3.63, 3.8) is 0 Å². The van der Waals surface area contributed by atoms with Gasteiger partial charge in [0.15, 0.2) is 0 Å². The number of carbonyl (C=O) groups excluding carboxylic acids is 3. The Hall–Kier alpha value is -3.15. The van der Waals surface area contributed by atoms with Gasteiger partial charge in [0, 0.05) is 64.8 Å². The number of amides is 2. The van der Waals surface area contributed by atoms with Crippen molar-refractivity contribution < 1.29 is 29.0 Å². The Bertz CT molecular complexity index is 1370. The third kappa shape index (κ3) is 7.02. The highest BCUT2D eigenvalue weighted by Gasteiger charge is 2.30. The van der Waals surface area contributed by atoms with Crippen LogP contribution in [0.1, 0.15) is 55.8 Å².